The molecule has 5 unspecified atom stereocenters. The minimum atomic E-state index is -4.98. The minimum absolute atomic E-state index is 0.0745. The quantitative estimate of drug-likeness (QED) is 0.0169. The normalized spacial score (nSPS) is 14.6. The molecular weight excluding hydrogens is 1310 g/mol. The van der Waals surface area contributed by atoms with E-state index in [1.54, 1.807) is 0 Å². The number of esters is 4. The van der Waals surface area contributed by atoms with Gasteiger partial charge in [0.2, 0.25) is 0 Å². The summed E-state index contributed by atoms with van der Waals surface area (Å²) in [6.45, 7) is 4.52. The molecule has 17 nitrogen and oxygen atoms in total. The summed E-state index contributed by atoms with van der Waals surface area (Å²) in [5.74, 6) is -2.23. The Bertz CT molecular complexity index is 2370. The molecule has 0 rings (SSSR count). The molecule has 5 atom stereocenters. The van der Waals surface area contributed by atoms with E-state index in [1.165, 1.54) is 38.5 Å². The second kappa shape index (κ2) is 72.8. The number of aliphatic hydroxyl groups is 1. The first-order valence-electron chi connectivity index (χ1n) is 38.8. The van der Waals surface area contributed by atoms with Gasteiger partial charge in [0.15, 0.2) is 12.2 Å². The number of hydrogen-bond acceptors (Lipinski definition) is 15. The zero-order chi connectivity index (χ0) is 73.2. The van der Waals surface area contributed by atoms with Crippen LogP contribution in [0.2, 0.25) is 0 Å². The van der Waals surface area contributed by atoms with E-state index >= 15 is 0 Å². The Balaban J connectivity index is 5.34. The molecule has 0 aromatic rings. The van der Waals surface area contributed by atoms with Crippen molar-refractivity contribution >= 4 is 39.5 Å². The monoisotopic (exact) mass is 1440 g/mol. The van der Waals surface area contributed by atoms with Crippen molar-refractivity contribution in [1.82, 2.24) is 0 Å². The van der Waals surface area contributed by atoms with Crippen LogP contribution in [0.3, 0.4) is 0 Å². The smallest absolute Gasteiger partial charge is 0.462 e. The van der Waals surface area contributed by atoms with E-state index in [1.807, 2.05) is 0 Å². The third-order valence-corrected chi connectivity index (χ3v) is 17.8. The van der Waals surface area contributed by atoms with Crippen LogP contribution in [0, 0.1) is 0 Å². The first-order valence-corrected chi connectivity index (χ1v) is 41.8. The third kappa shape index (κ3) is 71.8. The fraction of sp³-hybridized carbons (Fsp3) is 0.704. The van der Waals surface area contributed by atoms with Gasteiger partial charge in [-0.25, -0.2) is 9.13 Å². The summed E-state index contributed by atoms with van der Waals surface area (Å²) in [7, 11) is -9.96. The predicted molar refractivity (Wildman–Crippen MR) is 408 cm³/mol. The van der Waals surface area contributed by atoms with Crippen molar-refractivity contribution < 1.29 is 80.2 Å². The number of phosphoric acid groups is 2. The number of ether oxygens (including phenoxy) is 4. The second-order valence-electron chi connectivity index (χ2n) is 25.5. The molecule has 0 aliphatic carbocycles. The number of aliphatic hydroxyl groups excluding tert-OH is 1. The lowest BCUT2D eigenvalue weighted by atomic mass is 10.1. The summed E-state index contributed by atoms with van der Waals surface area (Å²) < 4.78 is 68.4. The van der Waals surface area contributed by atoms with Gasteiger partial charge in [-0.1, -0.05) is 278 Å². The first kappa shape index (κ1) is 95.5. The average molecular weight is 1450 g/mol. The van der Waals surface area contributed by atoms with Gasteiger partial charge in [-0.3, -0.25) is 37.3 Å². The van der Waals surface area contributed by atoms with Crippen molar-refractivity contribution in [2.45, 2.75) is 329 Å². The van der Waals surface area contributed by atoms with Crippen LogP contribution < -0.4 is 0 Å². The zero-order valence-corrected chi connectivity index (χ0v) is 64.4. The Morgan fingerprint density at radius 1 is 0.290 bits per heavy atom. The van der Waals surface area contributed by atoms with Gasteiger partial charge < -0.3 is 33.8 Å². The molecule has 0 aromatic carbocycles. The van der Waals surface area contributed by atoms with E-state index in [0.29, 0.717) is 25.7 Å². The van der Waals surface area contributed by atoms with Crippen molar-refractivity contribution in [3.63, 3.8) is 0 Å². The summed E-state index contributed by atoms with van der Waals surface area (Å²) in [6.07, 6.45) is 79.0. The number of hydrogen-bond donors (Lipinski definition) is 3. The number of carbonyl (C=O) groups is 4. The highest BCUT2D eigenvalue weighted by Crippen LogP contribution is 2.45. The summed E-state index contributed by atoms with van der Waals surface area (Å²) in [4.78, 5) is 72.9. The molecular formula is C81H138O17P2. The average Bonchev–Trinajstić information content (AvgIpc) is 1.02. The van der Waals surface area contributed by atoms with Crippen LogP contribution in [0.15, 0.2) is 122 Å². The molecule has 0 aliphatic rings. The molecule has 0 saturated carbocycles. The molecule has 0 heterocycles. The predicted octanol–water partition coefficient (Wildman–Crippen LogP) is 22.3. The lowest BCUT2D eigenvalue weighted by Gasteiger charge is -2.21. The summed E-state index contributed by atoms with van der Waals surface area (Å²) in [5.41, 5.74) is 0. The fourth-order valence-electron chi connectivity index (χ4n) is 10.1. The maximum Gasteiger partial charge on any atom is 0.472 e. The van der Waals surface area contributed by atoms with Gasteiger partial charge >= 0.3 is 39.5 Å². The van der Waals surface area contributed by atoms with Gasteiger partial charge in [0, 0.05) is 25.7 Å². The van der Waals surface area contributed by atoms with Crippen molar-refractivity contribution in [1.29, 1.82) is 0 Å². The van der Waals surface area contributed by atoms with Crippen LogP contribution in [0.1, 0.15) is 310 Å². The highest BCUT2D eigenvalue weighted by molar-refractivity contribution is 7.47. The van der Waals surface area contributed by atoms with E-state index in [4.69, 9.17) is 37.0 Å². The largest absolute Gasteiger partial charge is 0.472 e. The molecule has 0 bridgehead atoms. The molecule has 0 fully saturated rings. The highest BCUT2D eigenvalue weighted by Gasteiger charge is 2.30. The zero-order valence-electron chi connectivity index (χ0n) is 62.6. The van der Waals surface area contributed by atoms with Crippen molar-refractivity contribution in [2.75, 3.05) is 39.6 Å². The molecule has 0 radical (unpaired) electrons. The topological polar surface area (TPSA) is 237 Å². The van der Waals surface area contributed by atoms with Gasteiger partial charge in [-0.05, 0) is 128 Å². The molecule has 574 valence electrons. The molecule has 0 saturated heterocycles. The van der Waals surface area contributed by atoms with Gasteiger partial charge in [-0.2, -0.15) is 0 Å². The maximum absolute atomic E-state index is 13.1. The van der Waals surface area contributed by atoms with E-state index < -0.39 is 97.5 Å². The number of phosphoric ester groups is 2. The number of allylic oxidation sites excluding steroid dienone is 20. The van der Waals surface area contributed by atoms with Crippen LogP contribution in [0.4, 0.5) is 0 Å². The van der Waals surface area contributed by atoms with E-state index in [2.05, 4.69) is 149 Å². The van der Waals surface area contributed by atoms with E-state index in [9.17, 15) is 43.2 Å². The Kier molecular flexibility index (Phi) is 69.5. The first-order chi connectivity index (χ1) is 48.7. The number of carbonyl (C=O) groups excluding carboxylic acids is 4. The van der Waals surface area contributed by atoms with Crippen molar-refractivity contribution in [2.24, 2.45) is 0 Å². The second-order valence-corrected chi connectivity index (χ2v) is 28.4. The number of rotatable bonds is 72. The third-order valence-electron chi connectivity index (χ3n) is 15.9. The molecule has 19 heteroatoms. The molecule has 3 N–H and O–H groups in total. The van der Waals surface area contributed by atoms with E-state index in [0.717, 1.165) is 193 Å². The van der Waals surface area contributed by atoms with Gasteiger partial charge in [0.25, 0.3) is 0 Å². The maximum atomic E-state index is 13.1. The molecule has 0 aliphatic heterocycles. The van der Waals surface area contributed by atoms with Gasteiger partial charge in [-0.15, -0.1) is 0 Å². The lowest BCUT2D eigenvalue weighted by Crippen LogP contribution is -2.30. The lowest BCUT2D eigenvalue weighted by molar-refractivity contribution is -0.161. The highest BCUT2D eigenvalue weighted by atomic mass is 31.2. The SMILES string of the molecule is CC/C=C\C/C=C\C/C=C\C/C=C\C/C=C\CCCCCC(=O)OCC(COP(=O)(O)OCC(O)COP(=O)(O)OCC(COC(=O)CCCCCCCCC/C=C\C/C=C\C/C=C\CC)OC(=O)CCCCCCC/C=C\C/C=C\CCC)OC(=O)CCCCCCCCCCCCC. The van der Waals surface area contributed by atoms with Crippen LogP contribution in [-0.2, 0) is 65.4 Å². The minimum Gasteiger partial charge on any atom is -0.462 e. The Hall–Kier alpha value is -4.54. The van der Waals surface area contributed by atoms with Crippen LogP contribution in [0.5, 0.6) is 0 Å². The van der Waals surface area contributed by atoms with Gasteiger partial charge in [0.05, 0.1) is 26.4 Å². The van der Waals surface area contributed by atoms with Crippen molar-refractivity contribution in [3.8, 4) is 0 Å². The van der Waals surface area contributed by atoms with E-state index in [-0.39, 0.29) is 25.7 Å². The summed E-state index contributed by atoms with van der Waals surface area (Å²) in [5, 5.41) is 10.6. The Morgan fingerprint density at radius 2 is 0.540 bits per heavy atom. The molecule has 100 heavy (non-hydrogen) atoms. The van der Waals surface area contributed by atoms with Gasteiger partial charge in [0.1, 0.15) is 19.3 Å². The summed E-state index contributed by atoms with van der Waals surface area (Å²) >= 11 is 0. The molecule has 0 spiro atoms. The van der Waals surface area contributed by atoms with Crippen LogP contribution in [0.25, 0.3) is 0 Å². The fourth-order valence-corrected chi connectivity index (χ4v) is 11.6. The van der Waals surface area contributed by atoms with Crippen LogP contribution >= 0.6 is 15.6 Å². The summed E-state index contributed by atoms with van der Waals surface area (Å²) in [6, 6.07) is 0. The molecule has 0 amide bonds. The Morgan fingerprint density at radius 3 is 0.850 bits per heavy atom. The van der Waals surface area contributed by atoms with Crippen molar-refractivity contribution in [3.05, 3.63) is 122 Å². The standard InChI is InChI=1S/C81H138O17P2/c1-5-9-13-17-21-25-29-32-34-36-37-39-41-44-47-50-54-58-62-66-78(83)91-71-76(97-80(85)67-63-59-55-51-45-28-24-20-16-12-8-4)73-95-99(87,88)93-69-75(82)70-94-100(89,90)96-74-77(98-81(86)68-64-60-56-52-48-42-31-27-23-19-15-11-7-3)72-92-79(84)65-61-57-53-49-46-43-40-38-35-33-30-26-22-18-14-10-6-2/h9-10,13-15,19,21-22,25-27,31-35,37,39,44,47,75-77,82H,5-8,11-12,16-18,20,23-24,28-30,36,38,40-43,45-46,48-74H2,1-4H3,(H,87,88)(H,89,90)/b13-9-,14-10-,19-15-,25-21-,26-22-,31-27-,34-32-,35-33-,39-37-,47-44-. The van der Waals surface area contributed by atoms with Crippen LogP contribution in [-0.4, -0.2) is 96.7 Å². The molecule has 0 aromatic heterocycles. The number of unbranched alkanes of at least 4 members (excludes halogenated alkanes) is 26. The Labute approximate surface area is 606 Å².